The molecular formula is C19H17Cl3N4OS. The summed E-state index contributed by atoms with van der Waals surface area (Å²) in [5.41, 5.74) is 1.68. The van der Waals surface area contributed by atoms with Gasteiger partial charge in [0.15, 0.2) is 11.0 Å². The first-order valence-corrected chi connectivity index (χ1v) is 10.5. The lowest BCUT2D eigenvalue weighted by Crippen LogP contribution is -2.28. The van der Waals surface area contributed by atoms with Crippen LogP contribution in [0.15, 0.2) is 47.6 Å². The van der Waals surface area contributed by atoms with Gasteiger partial charge in [-0.05, 0) is 36.8 Å². The molecule has 0 radical (unpaired) electrons. The normalized spacial score (nSPS) is 12.0. The molecule has 0 saturated heterocycles. The third kappa shape index (κ3) is 4.81. The summed E-state index contributed by atoms with van der Waals surface area (Å²) in [4.78, 5) is 12.3. The molecule has 3 aromatic rings. The van der Waals surface area contributed by atoms with E-state index in [2.05, 4.69) is 15.5 Å². The number of aromatic nitrogens is 3. The van der Waals surface area contributed by atoms with Gasteiger partial charge in [-0.2, -0.15) is 0 Å². The third-order valence-corrected chi connectivity index (χ3v) is 6.19. The third-order valence-electron chi connectivity index (χ3n) is 4.10. The summed E-state index contributed by atoms with van der Waals surface area (Å²) in [6.07, 6.45) is 0. The van der Waals surface area contributed by atoms with Crippen molar-refractivity contribution in [3.05, 3.63) is 63.1 Å². The fourth-order valence-electron chi connectivity index (χ4n) is 2.60. The largest absolute Gasteiger partial charge is 0.349 e. The molecule has 1 N–H and O–H groups in total. The maximum Gasteiger partial charge on any atom is 0.230 e. The molecule has 0 aliphatic heterocycles. The Balaban J connectivity index is 1.62. The van der Waals surface area contributed by atoms with Crippen molar-refractivity contribution in [3.8, 4) is 11.4 Å². The van der Waals surface area contributed by atoms with E-state index < -0.39 is 0 Å². The molecule has 1 heterocycles. The van der Waals surface area contributed by atoms with E-state index in [0.29, 0.717) is 26.0 Å². The summed E-state index contributed by atoms with van der Waals surface area (Å²) in [7, 11) is 1.84. The standard InChI is InChI=1S/C19H17Cl3N4OS/c1-11(12-7-8-15(21)16(22)9-12)23-17(27)10-28-19-25-24-18(26(19)2)13-5-3-4-6-14(13)20/h3-9,11H,10H2,1-2H3,(H,23,27). The lowest BCUT2D eigenvalue weighted by Gasteiger charge is -2.15. The Morgan fingerprint density at radius 1 is 1.11 bits per heavy atom. The number of thioether (sulfide) groups is 1. The molecule has 5 nitrogen and oxygen atoms in total. The average Bonchev–Trinajstić information content (AvgIpc) is 3.03. The summed E-state index contributed by atoms with van der Waals surface area (Å²) in [5.74, 6) is 0.740. The maximum atomic E-state index is 12.3. The predicted octanol–water partition coefficient (Wildman–Crippen LogP) is 5.41. The van der Waals surface area contributed by atoms with Crippen LogP contribution in [0.5, 0.6) is 0 Å². The smallest absolute Gasteiger partial charge is 0.230 e. The van der Waals surface area contributed by atoms with Crippen LogP contribution >= 0.6 is 46.6 Å². The quantitative estimate of drug-likeness (QED) is 0.505. The van der Waals surface area contributed by atoms with Crippen LogP contribution in [0.4, 0.5) is 0 Å². The number of hydrogen-bond donors (Lipinski definition) is 1. The summed E-state index contributed by atoms with van der Waals surface area (Å²) in [6, 6.07) is 12.5. The van der Waals surface area contributed by atoms with Crippen LogP contribution in [0.2, 0.25) is 15.1 Å². The number of amides is 1. The van der Waals surface area contributed by atoms with E-state index in [0.717, 1.165) is 11.1 Å². The first kappa shape index (κ1) is 21.0. The molecule has 2 aromatic carbocycles. The predicted molar refractivity (Wildman–Crippen MR) is 115 cm³/mol. The molecule has 1 atom stereocenters. The second-order valence-corrected chi connectivity index (χ2v) is 8.26. The minimum Gasteiger partial charge on any atom is -0.349 e. The Bertz CT molecular complexity index is 1010. The van der Waals surface area contributed by atoms with E-state index in [9.17, 15) is 4.79 Å². The van der Waals surface area contributed by atoms with Gasteiger partial charge in [0.05, 0.1) is 26.9 Å². The van der Waals surface area contributed by atoms with Crippen LogP contribution in [0, 0.1) is 0 Å². The second-order valence-electron chi connectivity index (χ2n) is 6.10. The maximum absolute atomic E-state index is 12.3. The molecule has 146 valence electrons. The minimum absolute atomic E-state index is 0.120. The Morgan fingerprint density at radius 2 is 1.86 bits per heavy atom. The summed E-state index contributed by atoms with van der Waals surface area (Å²) >= 11 is 19.5. The molecule has 0 aliphatic carbocycles. The van der Waals surface area contributed by atoms with Gasteiger partial charge in [-0.25, -0.2) is 0 Å². The molecule has 0 spiro atoms. The Kier molecular flexibility index (Phi) is 6.88. The lowest BCUT2D eigenvalue weighted by atomic mass is 10.1. The monoisotopic (exact) mass is 454 g/mol. The number of carbonyl (C=O) groups is 1. The zero-order valence-corrected chi connectivity index (χ0v) is 18.2. The first-order chi connectivity index (χ1) is 13.4. The molecule has 28 heavy (non-hydrogen) atoms. The number of nitrogens with one attached hydrogen (secondary N) is 1. The number of nitrogens with zero attached hydrogens (tertiary/aromatic N) is 3. The summed E-state index contributed by atoms with van der Waals surface area (Å²) in [6.45, 7) is 1.89. The number of benzene rings is 2. The molecule has 0 saturated carbocycles. The highest BCUT2D eigenvalue weighted by Crippen LogP contribution is 2.28. The van der Waals surface area contributed by atoms with Crippen LogP contribution in [-0.2, 0) is 11.8 Å². The molecule has 0 aliphatic rings. The summed E-state index contributed by atoms with van der Waals surface area (Å²) < 4.78 is 1.82. The zero-order valence-electron chi connectivity index (χ0n) is 15.1. The fourth-order valence-corrected chi connectivity index (χ4v) is 3.84. The molecule has 3 rings (SSSR count). The van der Waals surface area contributed by atoms with Gasteiger partial charge in [0, 0.05) is 12.6 Å². The van der Waals surface area contributed by atoms with E-state index >= 15 is 0 Å². The van der Waals surface area contributed by atoms with E-state index in [4.69, 9.17) is 34.8 Å². The number of hydrogen-bond acceptors (Lipinski definition) is 4. The van der Waals surface area contributed by atoms with Gasteiger partial charge in [-0.3, -0.25) is 4.79 Å². The topological polar surface area (TPSA) is 59.8 Å². The zero-order chi connectivity index (χ0) is 20.3. The van der Waals surface area contributed by atoms with Gasteiger partial charge in [0.1, 0.15) is 0 Å². The van der Waals surface area contributed by atoms with Crippen LogP contribution < -0.4 is 5.32 Å². The highest BCUT2D eigenvalue weighted by Gasteiger charge is 2.16. The summed E-state index contributed by atoms with van der Waals surface area (Å²) in [5, 5.41) is 13.5. The number of rotatable bonds is 6. The van der Waals surface area contributed by atoms with Crippen LogP contribution in [-0.4, -0.2) is 26.4 Å². The molecule has 0 bridgehead atoms. The van der Waals surface area contributed by atoms with Gasteiger partial charge in [-0.15, -0.1) is 10.2 Å². The molecule has 9 heteroatoms. The van der Waals surface area contributed by atoms with Crippen molar-refractivity contribution >= 4 is 52.5 Å². The van der Waals surface area contributed by atoms with Crippen molar-refractivity contribution in [1.82, 2.24) is 20.1 Å². The Morgan fingerprint density at radius 3 is 2.57 bits per heavy atom. The van der Waals surface area contributed by atoms with Crippen LogP contribution in [0.25, 0.3) is 11.4 Å². The van der Waals surface area contributed by atoms with E-state index in [1.54, 1.807) is 18.2 Å². The van der Waals surface area contributed by atoms with Gasteiger partial charge >= 0.3 is 0 Å². The van der Waals surface area contributed by atoms with Crippen molar-refractivity contribution < 1.29 is 4.79 Å². The van der Waals surface area contributed by atoms with Crippen molar-refractivity contribution in [3.63, 3.8) is 0 Å². The van der Waals surface area contributed by atoms with Crippen LogP contribution in [0.3, 0.4) is 0 Å². The highest BCUT2D eigenvalue weighted by molar-refractivity contribution is 7.99. The van der Waals surface area contributed by atoms with E-state index in [1.165, 1.54) is 11.8 Å². The molecule has 1 aromatic heterocycles. The van der Waals surface area contributed by atoms with Gasteiger partial charge < -0.3 is 9.88 Å². The van der Waals surface area contributed by atoms with Crippen molar-refractivity contribution in [2.24, 2.45) is 7.05 Å². The van der Waals surface area contributed by atoms with E-state index in [1.807, 2.05) is 42.8 Å². The van der Waals surface area contributed by atoms with Crippen molar-refractivity contribution in [1.29, 1.82) is 0 Å². The number of halogens is 3. The lowest BCUT2D eigenvalue weighted by molar-refractivity contribution is -0.119. The second kappa shape index (κ2) is 9.18. The molecular weight excluding hydrogens is 439 g/mol. The first-order valence-electron chi connectivity index (χ1n) is 8.38. The van der Waals surface area contributed by atoms with E-state index in [-0.39, 0.29) is 17.7 Å². The molecule has 1 amide bonds. The highest BCUT2D eigenvalue weighted by atomic mass is 35.5. The van der Waals surface area contributed by atoms with Gasteiger partial charge in [-0.1, -0.05) is 64.8 Å². The van der Waals surface area contributed by atoms with Crippen molar-refractivity contribution in [2.75, 3.05) is 5.75 Å². The SMILES string of the molecule is CC(NC(=O)CSc1nnc(-c2ccccc2Cl)n1C)c1ccc(Cl)c(Cl)c1. The average molecular weight is 456 g/mol. The van der Waals surface area contributed by atoms with Crippen LogP contribution in [0.1, 0.15) is 18.5 Å². The Labute approximate surface area is 182 Å². The molecule has 1 unspecified atom stereocenters. The van der Waals surface area contributed by atoms with Crippen molar-refractivity contribution in [2.45, 2.75) is 18.1 Å². The fraction of sp³-hybridized carbons (Fsp3) is 0.211. The van der Waals surface area contributed by atoms with Gasteiger partial charge in [0.25, 0.3) is 0 Å². The molecule has 0 fully saturated rings. The Hall–Kier alpha value is -1.73. The van der Waals surface area contributed by atoms with Gasteiger partial charge in [0.2, 0.25) is 5.91 Å². The number of carbonyl (C=O) groups excluding carboxylic acids is 1. The minimum atomic E-state index is -0.193.